The molecule has 2 aromatic carbocycles. The molecular weight excluding hydrogens is 412 g/mol. The predicted molar refractivity (Wildman–Crippen MR) is 119 cm³/mol. The number of hydrogen-bond acceptors (Lipinski definition) is 7. The third kappa shape index (κ3) is 3.59. The molecule has 154 valence electrons. The number of carbonyl (C=O) groups is 1. The summed E-state index contributed by atoms with van der Waals surface area (Å²) >= 11 is 1.42. The van der Waals surface area contributed by atoms with Crippen molar-refractivity contribution in [1.82, 2.24) is 24.6 Å². The maximum Gasteiger partial charge on any atom is 0.300 e. The van der Waals surface area contributed by atoms with Gasteiger partial charge in [0.25, 0.3) is 11.7 Å². The molecule has 3 heterocycles. The first-order valence-corrected chi connectivity index (χ1v) is 10.4. The highest BCUT2D eigenvalue weighted by molar-refractivity contribution is 7.22. The summed E-state index contributed by atoms with van der Waals surface area (Å²) in [7, 11) is 1.62. The first kappa shape index (κ1) is 19.1. The molecular formula is C22H18N6O2S. The maximum atomic E-state index is 13.5. The van der Waals surface area contributed by atoms with Crippen LogP contribution in [0.15, 0.2) is 60.8 Å². The van der Waals surface area contributed by atoms with E-state index in [2.05, 4.69) is 15.1 Å². The minimum atomic E-state index is -0.334. The van der Waals surface area contributed by atoms with E-state index in [4.69, 9.17) is 9.72 Å². The fraction of sp³-hybridized carbons (Fsp3) is 0.136. The molecule has 3 aromatic heterocycles. The zero-order chi connectivity index (χ0) is 21.4. The van der Waals surface area contributed by atoms with E-state index < -0.39 is 0 Å². The van der Waals surface area contributed by atoms with Crippen LogP contribution in [0.2, 0.25) is 0 Å². The molecule has 1 amide bonds. The zero-order valence-corrected chi connectivity index (χ0v) is 17.7. The van der Waals surface area contributed by atoms with E-state index in [0.29, 0.717) is 17.5 Å². The number of anilines is 1. The van der Waals surface area contributed by atoms with Crippen molar-refractivity contribution in [3.63, 3.8) is 0 Å². The average Bonchev–Trinajstić information content (AvgIpc) is 3.42. The molecule has 0 fully saturated rings. The van der Waals surface area contributed by atoms with E-state index >= 15 is 0 Å². The van der Waals surface area contributed by atoms with Gasteiger partial charge < -0.3 is 4.74 Å². The second-order valence-corrected chi connectivity index (χ2v) is 7.95. The van der Waals surface area contributed by atoms with Gasteiger partial charge in [-0.3, -0.25) is 9.69 Å². The van der Waals surface area contributed by atoms with Crippen molar-refractivity contribution in [3.05, 3.63) is 77.9 Å². The molecule has 8 nitrogen and oxygen atoms in total. The van der Waals surface area contributed by atoms with Gasteiger partial charge in [-0.2, -0.15) is 4.98 Å². The van der Waals surface area contributed by atoms with E-state index in [1.165, 1.54) is 11.3 Å². The van der Waals surface area contributed by atoms with E-state index in [1.54, 1.807) is 22.7 Å². The number of carbonyl (C=O) groups excluding carboxylic acids is 1. The van der Waals surface area contributed by atoms with Crippen LogP contribution in [0.4, 0.5) is 5.13 Å². The van der Waals surface area contributed by atoms with Gasteiger partial charge in [-0.25, -0.2) is 14.5 Å². The molecule has 0 aliphatic rings. The van der Waals surface area contributed by atoms with Crippen molar-refractivity contribution in [1.29, 1.82) is 0 Å². The monoisotopic (exact) mass is 430 g/mol. The van der Waals surface area contributed by atoms with Gasteiger partial charge in [0.2, 0.25) is 5.82 Å². The summed E-state index contributed by atoms with van der Waals surface area (Å²) in [6.45, 7) is 2.23. The van der Waals surface area contributed by atoms with Crippen molar-refractivity contribution in [2.75, 3.05) is 12.0 Å². The molecule has 0 saturated carbocycles. The minimum Gasteiger partial charge on any atom is -0.497 e. The summed E-state index contributed by atoms with van der Waals surface area (Å²) < 4.78 is 7.82. The summed E-state index contributed by atoms with van der Waals surface area (Å²) in [6, 6.07) is 17.2. The molecule has 0 bridgehead atoms. The van der Waals surface area contributed by atoms with E-state index in [1.807, 2.05) is 61.5 Å². The Kier molecular flexibility index (Phi) is 4.79. The van der Waals surface area contributed by atoms with Crippen LogP contribution < -0.4 is 9.64 Å². The van der Waals surface area contributed by atoms with Crippen LogP contribution in [0.5, 0.6) is 5.75 Å². The molecule has 0 spiro atoms. The first-order chi connectivity index (χ1) is 15.1. The van der Waals surface area contributed by atoms with Crippen LogP contribution in [0.1, 0.15) is 21.9 Å². The van der Waals surface area contributed by atoms with Gasteiger partial charge >= 0.3 is 0 Å². The zero-order valence-electron chi connectivity index (χ0n) is 16.9. The quantitative estimate of drug-likeness (QED) is 0.420. The fourth-order valence-electron chi connectivity index (χ4n) is 3.25. The summed E-state index contributed by atoms with van der Waals surface area (Å²) in [5, 5.41) is 4.96. The van der Waals surface area contributed by atoms with Crippen LogP contribution in [-0.2, 0) is 6.54 Å². The molecule has 0 atom stereocenters. The lowest BCUT2D eigenvalue weighted by atomic mass is 10.2. The summed E-state index contributed by atoms with van der Waals surface area (Å²) in [5.74, 6) is 0.874. The number of methoxy groups -OCH3 is 1. The number of nitrogens with zero attached hydrogens (tertiary/aromatic N) is 6. The molecule has 5 aromatic rings. The molecule has 0 aliphatic heterocycles. The Labute approximate surface area is 181 Å². The minimum absolute atomic E-state index is 0.0783. The highest BCUT2D eigenvalue weighted by Gasteiger charge is 2.26. The van der Waals surface area contributed by atoms with Gasteiger partial charge in [0.15, 0.2) is 5.13 Å². The van der Waals surface area contributed by atoms with Gasteiger partial charge in [0.1, 0.15) is 5.75 Å². The van der Waals surface area contributed by atoms with Gasteiger partial charge in [-0.1, -0.05) is 41.7 Å². The topological polar surface area (TPSA) is 85.5 Å². The number of rotatable bonds is 5. The second-order valence-electron chi connectivity index (χ2n) is 6.94. The number of amides is 1. The maximum absolute atomic E-state index is 13.5. The number of ether oxygens (including phenoxy) is 1. The number of aryl methyl sites for hydroxylation is 1. The fourth-order valence-corrected chi connectivity index (χ4v) is 4.24. The second kappa shape index (κ2) is 7.77. The molecule has 9 heteroatoms. The highest BCUT2D eigenvalue weighted by Crippen LogP contribution is 2.32. The molecule has 0 aliphatic carbocycles. The lowest BCUT2D eigenvalue weighted by Gasteiger charge is -2.18. The molecule has 31 heavy (non-hydrogen) atoms. The Bertz CT molecular complexity index is 1400. The molecule has 0 N–H and O–H groups in total. The first-order valence-electron chi connectivity index (χ1n) is 9.61. The van der Waals surface area contributed by atoms with Crippen LogP contribution in [0, 0.1) is 6.92 Å². The van der Waals surface area contributed by atoms with Crippen molar-refractivity contribution < 1.29 is 9.53 Å². The molecule has 0 radical (unpaired) electrons. The third-order valence-electron chi connectivity index (χ3n) is 4.87. The largest absolute Gasteiger partial charge is 0.497 e. The van der Waals surface area contributed by atoms with E-state index in [9.17, 15) is 4.79 Å². The molecule has 5 rings (SSSR count). The molecule has 0 unspecified atom stereocenters. The van der Waals surface area contributed by atoms with Crippen LogP contribution in [-0.4, -0.2) is 37.6 Å². The van der Waals surface area contributed by atoms with E-state index in [-0.39, 0.29) is 11.7 Å². The smallest absolute Gasteiger partial charge is 0.300 e. The number of hydrogen-bond donors (Lipinski definition) is 0. The highest BCUT2D eigenvalue weighted by atomic mass is 32.1. The van der Waals surface area contributed by atoms with Gasteiger partial charge in [0, 0.05) is 11.9 Å². The standard InChI is InChI=1S/C22H18N6O2S/c1-14-10-11-23-21-25-19(26-28(14)21)20(29)27(13-15-6-4-3-5-7-15)22-24-17-9-8-16(30-2)12-18(17)31-22/h3-12H,13H2,1-2H3. The summed E-state index contributed by atoms with van der Waals surface area (Å²) in [5.41, 5.74) is 2.62. The summed E-state index contributed by atoms with van der Waals surface area (Å²) in [6.07, 6.45) is 1.65. The lowest BCUT2D eigenvalue weighted by molar-refractivity contribution is 0.0975. The number of fused-ring (bicyclic) bond motifs is 2. The van der Waals surface area contributed by atoms with Crippen molar-refractivity contribution in [2.45, 2.75) is 13.5 Å². The third-order valence-corrected chi connectivity index (χ3v) is 5.91. The van der Waals surface area contributed by atoms with Gasteiger partial charge in [-0.05, 0) is 36.8 Å². The Balaban J connectivity index is 1.59. The summed E-state index contributed by atoms with van der Waals surface area (Å²) in [4.78, 5) is 28.4. The van der Waals surface area contributed by atoms with Gasteiger partial charge in [0.05, 0.1) is 23.9 Å². The Morgan fingerprint density at radius 2 is 1.97 bits per heavy atom. The van der Waals surface area contributed by atoms with Gasteiger partial charge in [-0.15, -0.1) is 5.10 Å². The number of thiazole rings is 1. The van der Waals surface area contributed by atoms with Crippen molar-refractivity contribution in [2.24, 2.45) is 0 Å². The predicted octanol–water partition coefficient (Wildman–Crippen LogP) is 3.90. The SMILES string of the molecule is COc1ccc2nc(N(Cc3ccccc3)C(=O)c3nc4nccc(C)n4n3)sc2c1. The number of benzene rings is 2. The Hall–Kier alpha value is -3.85. The lowest BCUT2D eigenvalue weighted by Crippen LogP contribution is -2.31. The van der Waals surface area contributed by atoms with Crippen molar-refractivity contribution in [3.8, 4) is 5.75 Å². The Morgan fingerprint density at radius 3 is 2.74 bits per heavy atom. The normalized spacial score (nSPS) is 11.2. The van der Waals surface area contributed by atoms with Crippen LogP contribution in [0.25, 0.3) is 16.0 Å². The number of aromatic nitrogens is 5. The average molecular weight is 430 g/mol. The van der Waals surface area contributed by atoms with Crippen molar-refractivity contribution >= 4 is 38.4 Å². The molecule has 0 saturated heterocycles. The van der Waals surface area contributed by atoms with Crippen LogP contribution >= 0.6 is 11.3 Å². The Morgan fingerprint density at radius 1 is 1.13 bits per heavy atom. The van der Waals surface area contributed by atoms with Crippen LogP contribution in [0.3, 0.4) is 0 Å². The van der Waals surface area contributed by atoms with E-state index in [0.717, 1.165) is 27.2 Å².